The highest BCUT2D eigenvalue weighted by atomic mass is 35.5. The van der Waals surface area contributed by atoms with Crippen LogP contribution in [0, 0.1) is 0 Å². The van der Waals surface area contributed by atoms with E-state index in [-0.39, 0.29) is 18.3 Å². The van der Waals surface area contributed by atoms with Gasteiger partial charge in [0.2, 0.25) is 0 Å². The minimum atomic E-state index is -0.427. The number of fused-ring (bicyclic) bond motifs is 1. The van der Waals surface area contributed by atoms with Crippen molar-refractivity contribution in [2.45, 2.75) is 19.8 Å². The number of carbonyl (C=O) groups excluding carboxylic acids is 1. The fraction of sp³-hybridized carbons (Fsp3) is 0.211. The van der Waals surface area contributed by atoms with E-state index in [1.165, 1.54) is 18.3 Å². The summed E-state index contributed by atoms with van der Waals surface area (Å²) >= 11 is 6.27. The maximum Gasteiger partial charge on any atom is 0.336 e. The summed E-state index contributed by atoms with van der Waals surface area (Å²) in [6, 6.07) is 8.14. The van der Waals surface area contributed by atoms with E-state index in [0.717, 1.165) is 23.8 Å². The summed E-state index contributed by atoms with van der Waals surface area (Å²) in [5.74, 6) is -0.0762. The summed E-state index contributed by atoms with van der Waals surface area (Å²) in [4.78, 5) is 27.6. The van der Waals surface area contributed by atoms with Gasteiger partial charge in [0.05, 0.1) is 16.9 Å². The van der Waals surface area contributed by atoms with Crippen molar-refractivity contribution in [3.05, 3.63) is 63.7 Å². The fourth-order valence-corrected chi connectivity index (χ4v) is 2.81. The number of benzene rings is 1. The van der Waals surface area contributed by atoms with Crippen LogP contribution in [0.2, 0.25) is 5.02 Å². The average Bonchev–Trinajstić information content (AvgIpc) is 2.62. The van der Waals surface area contributed by atoms with Gasteiger partial charge in [0.25, 0.3) is 5.91 Å². The predicted molar refractivity (Wildman–Crippen MR) is 99.9 cm³/mol. The molecular weight excluding hydrogens is 356 g/mol. The number of hydrogen-bond donors (Lipinski definition) is 1. The normalized spacial score (nSPS) is 10.7. The summed E-state index contributed by atoms with van der Waals surface area (Å²) in [6.07, 6.45) is 4.78. The second-order valence-electron chi connectivity index (χ2n) is 5.70. The number of anilines is 1. The van der Waals surface area contributed by atoms with Crippen molar-refractivity contribution in [1.82, 2.24) is 4.98 Å². The Kier molecular flexibility index (Phi) is 5.53. The lowest BCUT2D eigenvalue weighted by Crippen LogP contribution is -2.20. The summed E-state index contributed by atoms with van der Waals surface area (Å²) < 4.78 is 10.7. The first-order valence-electron chi connectivity index (χ1n) is 8.15. The van der Waals surface area contributed by atoms with Crippen LogP contribution in [0.15, 0.2) is 51.9 Å². The number of pyridine rings is 1. The zero-order valence-corrected chi connectivity index (χ0v) is 14.9. The largest absolute Gasteiger partial charge is 0.482 e. The number of aryl methyl sites for hydroxylation is 1. The van der Waals surface area contributed by atoms with Gasteiger partial charge in [-0.3, -0.25) is 9.78 Å². The molecule has 1 aromatic carbocycles. The number of halogens is 1. The van der Waals surface area contributed by atoms with Crippen LogP contribution in [0.1, 0.15) is 18.9 Å². The average molecular weight is 373 g/mol. The molecule has 0 atom stereocenters. The van der Waals surface area contributed by atoms with Crippen LogP contribution in [-0.2, 0) is 11.2 Å². The minimum absolute atomic E-state index is 0.237. The highest BCUT2D eigenvalue weighted by Crippen LogP contribution is 2.31. The quantitative estimate of drug-likeness (QED) is 0.665. The van der Waals surface area contributed by atoms with E-state index in [1.807, 2.05) is 6.92 Å². The van der Waals surface area contributed by atoms with E-state index in [9.17, 15) is 9.59 Å². The predicted octanol–water partition coefficient (Wildman–Crippen LogP) is 3.81. The smallest absolute Gasteiger partial charge is 0.336 e. The lowest BCUT2D eigenvalue weighted by atomic mass is 10.1. The van der Waals surface area contributed by atoms with Crippen LogP contribution >= 0.6 is 11.6 Å². The van der Waals surface area contributed by atoms with Gasteiger partial charge >= 0.3 is 5.63 Å². The molecule has 2 aromatic heterocycles. The zero-order valence-electron chi connectivity index (χ0n) is 14.1. The number of carbonyl (C=O) groups is 1. The molecule has 6 nitrogen and oxygen atoms in total. The second-order valence-corrected chi connectivity index (χ2v) is 6.11. The molecular formula is C19H17ClN2O4. The van der Waals surface area contributed by atoms with Crippen molar-refractivity contribution in [2.75, 3.05) is 11.9 Å². The van der Waals surface area contributed by atoms with Gasteiger partial charge in [-0.05, 0) is 30.2 Å². The monoisotopic (exact) mass is 372 g/mol. The topological polar surface area (TPSA) is 81.4 Å². The first-order valence-corrected chi connectivity index (χ1v) is 8.53. The van der Waals surface area contributed by atoms with E-state index < -0.39 is 5.63 Å². The maximum atomic E-state index is 12.0. The van der Waals surface area contributed by atoms with Gasteiger partial charge in [-0.2, -0.15) is 0 Å². The number of ether oxygens (including phenoxy) is 1. The Hall–Kier alpha value is -2.86. The Bertz CT molecular complexity index is 986. The fourth-order valence-electron chi connectivity index (χ4n) is 2.59. The van der Waals surface area contributed by atoms with Gasteiger partial charge in [-0.1, -0.05) is 24.9 Å². The van der Waals surface area contributed by atoms with E-state index in [2.05, 4.69) is 10.3 Å². The van der Waals surface area contributed by atoms with Crippen molar-refractivity contribution in [3.63, 3.8) is 0 Å². The molecule has 1 amide bonds. The Labute approximate surface area is 154 Å². The molecule has 0 spiro atoms. The van der Waals surface area contributed by atoms with Crippen molar-refractivity contribution in [3.8, 4) is 5.75 Å². The van der Waals surface area contributed by atoms with Gasteiger partial charge in [0, 0.05) is 23.7 Å². The van der Waals surface area contributed by atoms with Crippen LogP contribution < -0.4 is 15.7 Å². The number of nitrogens with zero attached hydrogens (tertiary/aromatic N) is 1. The second kappa shape index (κ2) is 8.01. The molecule has 3 aromatic rings. The van der Waals surface area contributed by atoms with Crippen LogP contribution in [0.5, 0.6) is 5.75 Å². The number of hydrogen-bond acceptors (Lipinski definition) is 5. The Balaban J connectivity index is 1.79. The number of amides is 1. The maximum absolute atomic E-state index is 12.0. The van der Waals surface area contributed by atoms with Gasteiger partial charge in [-0.15, -0.1) is 0 Å². The molecule has 0 saturated heterocycles. The molecule has 0 aliphatic carbocycles. The van der Waals surface area contributed by atoms with Crippen molar-refractivity contribution >= 4 is 34.2 Å². The highest BCUT2D eigenvalue weighted by Gasteiger charge is 2.12. The third-order valence-electron chi connectivity index (χ3n) is 3.71. The molecule has 0 fully saturated rings. The van der Waals surface area contributed by atoms with Crippen molar-refractivity contribution in [1.29, 1.82) is 0 Å². The molecule has 1 N–H and O–H groups in total. The first-order chi connectivity index (χ1) is 12.6. The lowest BCUT2D eigenvalue weighted by Gasteiger charge is -2.11. The molecule has 0 aliphatic rings. The molecule has 0 saturated carbocycles. The zero-order chi connectivity index (χ0) is 18.5. The van der Waals surface area contributed by atoms with Gasteiger partial charge in [0.1, 0.15) is 11.3 Å². The number of rotatable bonds is 6. The molecule has 0 bridgehead atoms. The lowest BCUT2D eigenvalue weighted by molar-refractivity contribution is -0.118. The summed E-state index contributed by atoms with van der Waals surface area (Å²) in [7, 11) is 0. The van der Waals surface area contributed by atoms with E-state index in [4.69, 9.17) is 20.8 Å². The van der Waals surface area contributed by atoms with Crippen LogP contribution in [0.4, 0.5) is 5.69 Å². The summed E-state index contributed by atoms with van der Waals surface area (Å²) in [6.45, 7) is 1.79. The van der Waals surface area contributed by atoms with E-state index >= 15 is 0 Å². The number of aromatic nitrogens is 1. The summed E-state index contributed by atoms with van der Waals surface area (Å²) in [5.41, 5.74) is 1.40. The standard InChI is InChI=1S/C19H17ClN2O4/c1-2-4-12-7-19(24)26-16-9-17(15(20)8-14(12)16)25-11-18(23)22-13-5-3-6-21-10-13/h3,5-10H,2,4,11H2,1H3,(H,22,23). The van der Waals surface area contributed by atoms with E-state index in [1.54, 1.807) is 24.4 Å². The SMILES string of the molecule is CCCc1cc(=O)oc2cc(OCC(=O)Nc3cccnc3)c(Cl)cc12. The van der Waals surface area contributed by atoms with Crippen molar-refractivity contribution in [2.24, 2.45) is 0 Å². The third-order valence-corrected chi connectivity index (χ3v) is 4.00. The first kappa shape index (κ1) is 17.9. The Morgan fingerprint density at radius 3 is 2.92 bits per heavy atom. The third kappa shape index (κ3) is 4.21. The molecule has 3 rings (SSSR count). The molecule has 0 radical (unpaired) electrons. The molecule has 0 unspecified atom stereocenters. The molecule has 0 aliphatic heterocycles. The van der Waals surface area contributed by atoms with E-state index in [0.29, 0.717) is 16.3 Å². The molecule has 26 heavy (non-hydrogen) atoms. The van der Waals surface area contributed by atoms with Gasteiger partial charge < -0.3 is 14.5 Å². The van der Waals surface area contributed by atoms with Crippen LogP contribution in [-0.4, -0.2) is 17.5 Å². The molecule has 7 heteroatoms. The van der Waals surface area contributed by atoms with Gasteiger partial charge in [-0.25, -0.2) is 4.79 Å². The Morgan fingerprint density at radius 1 is 1.35 bits per heavy atom. The van der Waals surface area contributed by atoms with Crippen LogP contribution in [0.25, 0.3) is 11.0 Å². The highest BCUT2D eigenvalue weighted by molar-refractivity contribution is 6.32. The van der Waals surface area contributed by atoms with Crippen LogP contribution in [0.3, 0.4) is 0 Å². The molecule has 134 valence electrons. The summed E-state index contributed by atoms with van der Waals surface area (Å²) in [5, 5.41) is 3.77. The molecule has 2 heterocycles. The Morgan fingerprint density at radius 2 is 2.19 bits per heavy atom. The van der Waals surface area contributed by atoms with Gasteiger partial charge in [0.15, 0.2) is 6.61 Å². The van der Waals surface area contributed by atoms with Crippen molar-refractivity contribution < 1.29 is 13.9 Å². The number of nitrogens with one attached hydrogen (secondary N) is 1. The minimum Gasteiger partial charge on any atom is -0.482 e.